The minimum Gasteiger partial charge on any atom is -0.419 e. The monoisotopic (exact) mass is 335 g/mol. The van der Waals surface area contributed by atoms with E-state index in [1.807, 2.05) is 24.3 Å². The van der Waals surface area contributed by atoms with Crippen LogP contribution >= 0.6 is 0 Å². The molecule has 2 saturated heterocycles. The van der Waals surface area contributed by atoms with Crippen LogP contribution in [0.4, 0.5) is 0 Å². The maximum Gasteiger partial charge on any atom is 0.248 e. The van der Waals surface area contributed by atoms with Crippen LogP contribution in [0.25, 0.3) is 22.2 Å². The van der Waals surface area contributed by atoms with E-state index in [0.717, 1.165) is 43.8 Å². The first-order valence-electron chi connectivity index (χ1n) is 8.92. The lowest BCUT2D eigenvalue weighted by Gasteiger charge is -2.20. The zero-order chi connectivity index (χ0) is 16.7. The quantitative estimate of drug-likeness (QED) is 0.733. The molecule has 1 atom stereocenters. The lowest BCUT2D eigenvalue weighted by molar-refractivity contribution is 0.150. The summed E-state index contributed by atoms with van der Waals surface area (Å²) in [6.07, 6.45) is 2.38. The summed E-state index contributed by atoms with van der Waals surface area (Å²) in [5.74, 6) is 1.30. The van der Waals surface area contributed by atoms with Gasteiger partial charge in [0.25, 0.3) is 0 Å². The van der Waals surface area contributed by atoms with Crippen molar-refractivity contribution in [2.45, 2.75) is 19.4 Å². The van der Waals surface area contributed by atoms with Gasteiger partial charge >= 0.3 is 0 Å². The molecule has 1 aromatic heterocycles. The van der Waals surface area contributed by atoms with E-state index in [0.29, 0.717) is 17.2 Å². The van der Waals surface area contributed by atoms with E-state index in [1.165, 1.54) is 18.2 Å². The molecule has 1 spiro atoms. The van der Waals surface area contributed by atoms with Crippen LogP contribution in [0.3, 0.4) is 0 Å². The van der Waals surface area contributed by atoms with Crippen LogP contribution in [0, 0.1) is 5.41 Å². The summed E-state index contributed by atoms with van der Waals surface area (Å²) >= 11 is 0. The van der Waals surface area contributed by atoms with E-state index in [-0.39, 0.29) is 0 Å². The van der Waals surface area contributed by atoms with Gasteiger partial charge in [-0.3, -0.25) is 4.90 Å². The van der Waals surface area contributed by atoms with E-state index in [9.17, 15) is 0 Å². The van der Waals surface area contributed by atoms with Crippen molar-refractivity contribution in [3.63, 3.8) is 0 Å². The molecule has 0 radical (unpaired) electrons. The molecular weight excluding hydrogens is 314 g/mol. The predicted octanol–water partition coefficient (Wildman–Crippen LogP) is 3.50. The summed E-state index contributed by atoms with van der Waals surface area (Å²) < 4.78 is 11.6. The molecule has 0 N–H and O–H groups in total. The van der Waals surface area contributed by atoms with Gasteiger partial charge in [-0.2, -0.15) is 0 Å². The van der Waals surface area contributed by atoms with Crippen molar-refractivity contribution in [3.8, 4) is 11.5 Å². The molecule has 0 bridgehead atoms. The highest BCUT2D eigenvalue weighted by molar-refractivity contribution is 5.94. The molecule has 0 amide bonds. The van der Waals surface area contributed by atoms with Gasteiger partial charge in [-0.15, -0.1) is 10.2 Å². The smallest absolute Gasteiger partial charge is 0.248 e. The van der Waals surface area contributed by atoms with Gasteiger partial charge in [0.1, 0.15) is 0 Å². The molecule has 0 saturated carbocycles. The van der Waals surface area contributed by atoms with Gasteiger partial charge in [-0.05, 0) is 36.2 Å². The number of fused-ring (bicyclic) bond motifs is 1. The maximum atomic E-state index is 6.00. The third-order valence-electron chi connectivity index (χ3n) is 5.55. The van der Waals surface area contributed by atoms with E-state index >= 15 is 0 Å². The fraction of sp³-hybridized carbons (Fsp3) is 0.400. The summed E-state index contributed by atoms with van der Waals surface area (Å²) in [4.78, 5) is 2.41. The third-order valence-corrected chi connectivity index (χ3v) is 5.55. The zero-order valence-corrected chi connectivity index (χ0v) is 14.1. The van der Waals surface area contributed by atoms with Crippen molar-refractivity contribution in [3.05, 3.63) is 48.4 Å². The number of hydrogen-bond donors (Lipinski definition) is 0. The number of ether oxygens (including phenoxy) is 1. The summed E-state index contributed by atoms with van der Waals surface area (Å²) in [5.41, 5.74) is 1.36. The Labute approximate surface area is 146 Å². The molecule has 128 valence electrons. The Morgan fingerprint density at radius 3 is 2.88 bits per heavy atom. The minimum absolute atomic E-state index is 0.360. The second-order valence-corrected chi connectivity index (χ2v) is 7.29. The molecule has 3 heterocycles. The topological polar surface area (TPSA) is 51.4 Å². The highest BCUT2D eigenvalue weighted by atomic mass is 16.5. The van der Waals surface area contributed by atoms with Crippen molar-refractivity contribution >= 4 is 10.8 Å². The Bertz CT molecular complexity index is 893. The van der Waals surface area contributed by atoms with Crippen molar-refractivity contribution in [1.29, 1.82) is 0 Å². The first-order valence-corrected chi connectivity index (χ1v) is 8.92. The minimum atomic E-state index is 0.360. The summed E-state index contributed by atoms with van der Waals surface area (Å²) in [5, 5.41) is 10.9. The van der Waals surface area contributed by atoms with Gasteiger partial charge < -0.3 is 9.15 Å². The van der Waals surface area contributed by atoms with Crippen LogP contribution in [0.5, 0.6) is 0 Å². The molecule has 2 aliphatic rings. The molecule has 25 heavy (non-hydrogen) atoms. The number of aromatic nitrogens is 2. The average molecular weight is 335 g/mol. The van der Waals surface area contributed by atoms with Crippen molar-refractivity contribution in [2.24, 2.45) is 5.41 Å². The number of nitrogens with zero attached hydrogens (tertiary/aromatic N) is 3. The van der Waals surface area contributed by atoms with Crippen LogP contribution in [0.1, 0.15) is 18.7 Å². The van der Waals surface area contributed by atoms with Crippen LogP contribution in [-0.4, -0.2) is 41.4 Å². The summed E-state index contributed by atoms with van der Waals surface area (Å²) in [6, 6.07) is 14.5. The third kappa shape index (κ3) is 2.73. The van der Waals surface area contributed by atoms with Crippen LogP contribution in [0.15, 0.2) is 46.9 Å². The van der Waals surface area contributed by atoms with Crippen molar-refractivity contribution in [2.75, 3.05) is 26.3 Å². The molecule has 0 aliphatic carbocycles. The Morgan fingerprint density at radius 1 is 1.04 bits per heavy atom. The number of likely N-dealkylation sites (tertiary alicyclic amines) is 1. The molecule has 5 rings (SSSR count). The molecule has 5 nitrogen and oxygen atoms in total. The second-order valence-electron chi connectivity index (χ2n) is 7.29. The Morgan fingerprint density at radius 2 is 1.96 bits per heavy atom. The first kappa shape index (κ1) is 15.0. The van der Waals surface area contributed by atoms with Gasteiger partial charge in [-0.1, -0.05) is 36.4 Å². The standard InChI is InChI=1S/C20H21N3O2/c1-2-6-16-15(4-1)5-3-7-17(16)19-22-21-18(25-19)12-23-10-8-20(13-23)9-11-24-14-20/h1-7H,8-14H2. The lowest BCUT2D eigenvalue weighted by atomic mass is 9.87. The molecule has 3 aromatic rings. The Hall–Kier alpha value is -2.24. The largest absolute Gasteiger partial charge is 0.419 e. The molecule has 2 aromatic carbocycles. The fourth-order valence-electron chi connectivity index (χ4n) is 4.16. The predicted molar refractivity (Wildman–Crippen MR) is 95.0 cm³/mol. The molecule has 5 heteroatoms. The first-order chi connectivity index (χ1) is 12.3. The van der Waals surface area contributed by atoms with Crippen LogP contribution < -0.4 is 0 Å². The van der Waals surface area contributed by atoms with Crippen molar-refractivity contribution < 1.29 is 9.15 Å². The maximum absolute atomic E-state index is 6.00. The van der Waals surface area contributed by atoms with Crippen LogP contribution in [0.2, 0.25) is 0 Å². The van der Waals surface area contributed by atoms with Crippen molar-refractivity contribution in [1.82, 2.24) is 15.1 Å². The number of benzene rings is 2. The van der Waals surface area contributed by atoms with Gasteiger partial charge in [0.05, 0.1) is 13.2 Å². The van der Waals surface area contributed by atoms with Gasteiger partial charge in [0, 0.05) is 24.1 Å². The number of rotatable bonds is 3. The number of hydrogen-bond acceptors (Lipinski definition) is 5. The van der Waals surface area contributed by atoms with Gasteiger partial charge in [0.2, 0.25) is 11.8 Å². The molecule has 2 fully saturated rings. The van der Waals surface area contributed by atoms with Gasteiger partial charge in [0.15, 0.2) is 0 Å². The molecule has 1 unspecified atom stereocenters. The van der Waals surface area contributed by atoms with E-state index in [2.05, 4.69) is 33.3 Å². The molecular formula is C20H21N3O2. The summed E-state index contributed by atoms with van der Waals surface area (Å²) in [7, 11) is 0. The highest BCUT2D eigenvalue weighted by Crippen LogP contribution is 2.38. The Kier molecular flexibility index (Phi) is 3.57. The Balaban J connectivity index is 1.37. The summed E-state index contributed by atoms with van der Waals surface area (Å²) in [6.45, 7) is 4.67. The van der Waals surface area contributed by atoms with E-state index < -0.39 is 0 Å². The molecule has 2 aliphatic heterocycles. The normalized spacial score (nSPS) is 23.8. The zero-order valence-electron chi connectivity index (χ0n) is 14.1. The SMILES string of the molecule is c1ccc2c(-c3nnc(CN4CCC5(CCOC5)C4)o3)cccc2c1. The second kappa shape index (κ2) is 5.93. The lowest BCUT2D eigenvalue weighted by Crippen LogP contribution is -2.27. The average Bonchev–Trinajstić information content (AvgIpc) is 3.38. The van der Waals surface area contributed by atoms with Crippen LogP contribution in [-0.2, 0) is 11.3 Å². The highest BCUT2D eigenvalue weighted by Gasteiger charge is 2.41. The fourth-order valence-corrected chi connectivity index (χ4v) is 4.16. The van der Waals surface area contributed by atoms with E-state index in [1.54, 1.807) is 0 Å². The van der Waals surface area contributed by atoms with E-state index in [4.69, 9.17) is 9.15 Å². The van der Waals surface area contributed by atoms with Gasteiger partial charge in [-0.25, -0.2) is 0 Å².